The van der Waals surface area contributed by atoms with E-state index in [1.54, 1.807) is 0 Å². The van der Waals surface area contributed by atoms with Gasteiger partial charge >= 0.3 is 0 Å². The molecule has 0 bridgehead atoms. The Morgan fingerprint density at radius 1 is 0.833 bits per heavy atom. The zero-order valence-electron chi connectivity index (χ0n) is 15.2. The largest absolute Gasteiger partial charge is 0.0917 e. The molecule has 1 fully saturated rings. The predicted octanol–water partition coefficient (Wildman–Crippen LogP) is 7.29. The molecule has 1 aliphatic rings. The Hall–Kier alpha value is -1.82. The third-order valence-electron chi connectivity index (χ3n) is 5.59. The Morgan fingerprint density at radius 2 is 1.42 bits per heavy atom. The van der Waals surface area contributed by atoms with Gasteiger partial charge < -0.3 is 0 Å². The summed E-state index contributed by atoms with van der Waals surface area (Å²) in [5.41, 5.74) is 5.51. The van der Waals surface area contributed by atoms with Crippen LogP contribution >= 0.6 is 0 Å². The van der Waals surface area contributed by atoms with Gasteiger partial charge in [-0.2, -0.15) is 0 Å². The van der Waals surface area contributed by atoms with Crippen LogP contribution in [0, 0.1) is 12.8 Å². The lowest BCUT2D eigenvalue weighted by molar-refractivity contribution is 0.312. The van der Waals surface area contributed by atoms with Crippen LogP contribution in [0.4, 0.5) is 0 Å². The number of rotatable bonds is 5. The molecule has 0 heterocycles. The van der Waals surface area contributed by atoms with Gasteiger partial charge in [0.1, 0.15) is 0 Å². The minimum Gasteiger partial charge on any atom is -0.0917 e. The van der Waals surface area contributed by atoms with Crippen LogP contribution in [0.25, 0.3) is 11.1 Å². The fraction of sp³-hybridized carbons (Fsp3) is 0.417. The fourth-order valence-corrected chi connectivity index (χ4v) is 3.98. The van der Waals surface area contributed by atoms with Gasteiger partial charge in [-0.3, -0.25) is 0 Å². The van der Waals surface area contributed by atoms with Crippen LogP contribution in [0.5, 0.6) is 0 Å². The quantitative estimate of drug-likeness (QED) is 0.508. The summed E-state index contributed by atoms with van der Waals surface area (Å²) in [7, 11) is 0. The summed E-state index contributed by atoms with van der Waals surface area (Å²) in [4.78, 5) is 0. The SMILES string of the molecule is C/C=C/CCC1CCC(c2ccc(-c3ccc(C)cc3)cc2)CC1. The standard InChI is InChI=1S/C24H30/c1-3-4-5-6-20-9-13-22(14-10-20)24-17-15-23(16-18-24)21-11-7-19(2)8-12-21/h3-4,7-8,11-12,15-18,20,22H,5-6,9-10,13-14H2,1-2H3/b4-3+. The molecule has 2 aromatic rings. The van der Waals surface area contributed by atoms with Crippen LogP contribution in [0.2, 0.25) is 0 Å². The molecule has 0 radical (unpaired) electrons. The number of aryl methyl sites for hydroxylation is 1. The first-order valence-corrected chi connectivity index (χ1v) is 9.54. The van der Waals surface area contributed by atoms with E-state index in [9.17, 15) is 0 Å². The Kier molecular flexibility index (Phi) is 5.91. The van der Waals surface area contributed by atoms with E-state index in [4.69, 9.17) is 0 Å². The van der Waals surface area contributed by atoms with Gasteiger partial charge in [0.2, 0.25) is 0 Å². The lowest BCUT2D eigenvalue weighted by Crippen LogP contribution is -2.13. The van der Waals surface area contributed by atoms with E-state index in [2.05, 4.69) is 74.5 Å². The van der Waals surface area contributed by atoms with Crippen molar-refractivity contribution in [3.05, 3.63) is 71.8 Å². The van der Waals surface area contributed by atoms with Gasteiger partial charge in [-0.05, 0) is 80.9 Å². The van der Waals surface area contributed by atoms with Crippen molar-refractivity contribution < 1.29 is 0 Å². The highest BCUT2D eigenvalue weighted by molar-refractivity contribution is 5.64. The maximum absolute atomic E-state index is 2.36. The van der Waals surface area contributed by atoms with Gasteiger partial charge in [0.15, 0.2) is 0 Å². The van der Waals surface area contributed by atoms with E-state index in [-0.39, 0.29) is 0 Å². The second-order valence-corrected chi connectivity index (χ2v) is 7.35. The van der Waals surface area contributed by atoms with Crippen LogP contribution in [0.1, 0.15) is 62.5 Å². The Labute approximate surface area is 147 Å². The Bertz CT molecular complexity index is 637. The van der Waals surface area contributed by atoms with Gasteiger partial charge in [0.05, 0.1) is 0 Å². The molecular weight excluding hydrogens is 288 g/mol. The van der Waals surface area contributed by atoms with Crippen molar-refractivity contribution in [3.8, 4) is 11.1 Å². The first-order chi connectivity index (χ1) is 11.8. The Balaban J connectivity index is 1.57. The van der Waals surface area contributed by atoms with Gasteiger partial charge in [0, 0.05) is 0 Å². The van der Waals surface area contributed by atoms with Gasteiger partial charge in [-0.15, -0.1) is 0 Å². The summed E-state index contributed by atoms with van der Waals surface area (Å²) in [5, 5.41) is 0. The molecule has 126 valence electrons. The zero-order chi connectivity index (χ0) is 16.8. The molecule has 1 saturated carbocycles. The van der Waals surface area contributed by atoms with Crippen molar-refractivity contribution in [3.63, 3.8) is 0 Å². The van der Waals surface area contributed by atoms with Gasteiger partial charge in [-0.1, -0.05) is 66.2 Å². The van der Waals surface area contributed by atoms with E-state index >= 15 is 0 Å². The maximum Gasteiger partial charge on any atom is -0.0162 e. The second-order valence-electron chi connectivity index (χ2n) is 7.35. The molecule has 0 aromatic heterocycles. The van der Waals surface area contributed by atoms with Crippen LogP contribution in [0.15, 0.2) is 60.7 Å². The maximum atomic E-state index is 2.36. The monoisotopic (exact) mass is 318 g/mol. The average molecular weight is 319 g/mol. The molecule has 2 aromatic carbocycles. The van der Waals surface area contributed by atoms with Crippen LogP contribution in [-0.2, 0) is 0 Å². The van der Waals surface area contributed by atoms with E-state index in [0.717, 1.165) is 11.8 Å². The molecule has 0 atom stereocenters. The van der Waals surface area contributed by atoms with E-state index in [1.165, 1.54) is 60.8 Å². The summed E-state index contributed by atoms with van der Waals surface area (Å²) in [6, 6.07) is 18.2. The van der Waals surface area contributed by atoms with Gasteiger partial charge in [-0.25, -0.2) is 0 Å². The van der Waals surface area contributed by atoms with Crippen molar-refractivity contribution in [2.24, 2.45) is 5.92 Å². The normalized spacial score (nSPS) is 21.2. The summed E-state index contributed by atoms with van der Waals surface area (Å²) in [6.45, 7) is 4.26. The summed E-state index contributed by atoms with van der Waals surface area (Å²) in [6.07, 6.45) is 12.7. The first kappa shape index (κ1) is 17.0. The molecule has 1 aliphatic carbocycles. The summed E-state index contributed by atoms with van der Waals surface area (Å²) >= 11 is 0. The predicted molar refractivity (Wildman–Crippen MR) is 105 cm³/mol. The summed E-state index contributed by atoms with van der Waals surface area (Å²) in [5.74, 6) is 1.72. The number of benzene rings is 2. The van der Waals surface area contributed by atoms with Crippen molar-refractivity contribution in [1.82, 2.24) is 0 Å². The molecule has 24 heavy (non-hydrogen) atoms. The first-order valence-electron chi connectivity index (χ1n) is 9.54. The third kappa shape index (κ3) is 4.38. The number of allylic oxidation sites excluding steroid dienone is 2. The minimum absolute atomic E-state index is 0.773. The Morgan fingerprint density at radius 3 is 2.00 bits per heavy atom. The van der Waals surface area contributed by atoms with Crippen molar-refractivity contribution in [2.45, 2.75) is 58.3 Å². The fourth-order valence-electron chi connectivity index (χ4n) is 3.98. The minimum atomic E-state index is 0.773. The molecule has 0 amide bonds. The number of hydrogen-bond acceptors (Lipinski definition) is 0. The van der Waals surface area contributed by atoms with Gasteiger partial charge in [0.25, 0.3) is 0 Å². The molecular formula is C24H30. The molecule has 0 saturated heterocycles. The molecule has 0 nitrogen and oxygen atoms in total. The second kappa shape index (κ2) is 8.33. The van der Waals surface area contributed by atoms with E-state index < -0.39 is 0 Å². The summed E-state index contributed by atoms with van der Waals surface area (Å²) < 4.78 is 0. The van der Waals surface area contributed by atoms with E-state index in [0.29, 0.717) is 0 Å². The third-order valence-corrected chi connectivity index (χ3v) is 5.59. The highest BCUT2D eigenvalue weighted by Crippen LogP contribution is 2.38. The van der Waals surface area contributed by atoms with Crippen molar-refractivity contribution in [1.29, 1.82) is 0 Å². The van der Waals surface area contributed by atoms with Crippen LogP contribution < -0.4 is 0 Å². The molecule has 3 rings (SSSR count). The molecule has 0 unspecified atom stereocenters. The zero-order valence-corrected chi connectivity index (χ0v) is 15.2. The molecule has 0 aliphatic heterocycles. The van der Waals surface area contributed by atoms with E-state index in [1.807, 2.05) is 0 Å². The molecule has 0 heteroatoms. The molecule has 0 spiro atoms. The van der Waals surface area contributed by atoms with Crippen molar-refractivity contribution in [2.75, 3.05) is 0 Å². The van der Waals surface area contributed by atoms with Crippen LogP contribution in [0.3, 0.4) is 0 Å². The lowest BCUT2D eigenvalue weighted by atomic mass is 9.77. The highest BCUT2D eigenvalue weighted by atomic mass is 14.3. The average Bonchev–Trinajstić information content (AvgIpc) is 2.63. The van der Waals surface area contributed by atoms with Crippen molar-refractivity contribution >= 4 is 0 Å². The molecule has 0 N–H and O–H groups in total. The van der Waals surface area contributed by atoms with Crippen LogP contribution in [-0.4, -0.2) is 0 Å². The lowest BCUT2D eigenvalue weighted by Gasteiger charge is -2.28. The topological polar surface area (TPSA) is 0 Å². The smallest absolute Gasteiger partial charge is 0.0162 e. The number of hydrogen-bond donors (Lipinski definition) is 0. The highest BCUT2D eigenvalue weighted by Gasteiger charge is 2.21.